The number of ether oxygens (including phenoxy) is 2. The molecular weight excluding hydrogens is 300 g/mol. The van der Waals surface area contributed by atoms with Crippen LogP contribution in [0.2, 0.25) is 0 Å². The summed E-state index contributed by atoms with van der Waals surface area (Å²) in [4.78, 5) is 4.81. The van der Waals surface area contributed by atoms with E-state index in [2.05, 4.69) is 44.4 Å². The predicted molar refractivity (Wildman–Crippen MR) is 104 cm³/mol. The van der Waals surface area contributed by atoms with E-state index in [0.29, 0.717) is 0 Å². The number of methoxy groups -OCH3 is 2. The molecule has 0 spiro atoms. The standard InChI is InChI=1S/C20H44N2O2/c1-8-13-14-15-16-17-18-19(21(9-2)10-3)20(23-6,24-7)22(11-4)12-5/h19H,8-18H2,1-7H3. The Labute approximate surface area is 151 Å². The average Bonchev–Trinajstić information content (AvgIpc) is 2.62. The fourth-order valence-electron chi connectivity index (χ4n) is 3.87. The number of hydrogen-bond acceptors (Lipinski definition) is 4. The summed E-state index contributed by atoms with van der Waals surface area (Å²) < 4.78 is 12.1. The molecule has 0 aromatic carbocycles. The summed E-state index contributed by atoms with van der Waals surface area (Å²) in [5.41, 5.74) is 0. The van der Waals surface area contributed by atoms with Crippen LogP contribution in [0.1, 0.15) is 79.6 Å². The summed E-state index contributed by atoms with van der Waals surface area (Å²) in [6.45, 7) is 15.0. The smallest absolute Gasteiger partial charge is 0.245 e. The van der Waals surface area contributed by atoms with Gasteiger partial charge in [0.15, 0.2) is 0 Å². The fourth-order valence-corrected chi connectivity index (χ4v) is 3.87. The van der Waals surface area contributed by atoms with Crippen molar-refractivity contribution < 1.29 is 9.47 Å². The first-order chi connectivity index (χ1) is 11.6. The van der Waals surface area contributed by atoms with Crippen LogP contribution in [0.15, 0.2) is 0 Å². The highest BCUT2D eigenvalue weighted by Gasteiger charge is 2.45. The molecule has 0 saturated heterocycles. The lowest BCUT2D eigenvalue weighted by Crippen LogP contribution is -2.64. The Morgan fingerprint density at radius 1 is 0.708 bits per heavy atom. The highest BCUT2D eigenvalue weighted by molar-refractivity contribution is 4.87. The van der Waals surface area contributed by atoms with E-state index in [1.807, 2.05) is 0 Å². The molecule has 0 aliphatic carbocycles. The first kappa shape index (κ1) is 23.8. The fraction of sp³-hybridized carbons (Fsp3) is 1.00. The number of likely N-dealkylation sites (N-methyl/N-ethyl adjacent to an activating group) is 2. The van der Waals surface area contributed by atoms with E-state index in [0.717, 1.165) is 32.6 Å². The van der Waals surface area contributed by atoms with E-state index in [9.17, 15) is 0 Å². The van der Waals surface area contributed by atoms with Crippen LogP contribution < -0.4 is 0 Å². The van der Waals surface area contributed by atoms with E-state index in [4.69, 9.17) is 9.47 Å². The van der Waals surface area contributed by atoms with Crippen LogP contribution in [0.4, 0.5) is 0 Å². The normalized spacial score (nSPS) is 13.9. The second-order valence-corrected chi connectivity index (χ2v) is 6.50. The van der Waals surface area contributed by atoms with Crippen molar-refractivity contribution in [1.82, 2.24) is 9.80 Å². The first-order valence-electron chi connectivity index (χ1n) is 10.2. The zero-order valence-electron chi connectivity index (χ0n) is 17.6. The van der Waals surface area contributed by atoms with Crippen LogP contribution >= 0.6 is 0 Å². The molecule has 0 aromatic rings. The summed E-state index contributed by atoms with van der Waals surface area (Å²) in [5, 5.41) is 0. The second-order valence-electron chi connectivity index (χ2n) is 6.50. The topological polar surface area (TPSA) is 24.9 Å². The van der Waals surface area contributed by atoms with E-state index in [1.165, 1.54) is 38.5 Å². The van der Waals surface area contributed by atoms with Crippen LogP contribution in [0, 0.1) is 0 Å². The van der Waals surface area contributed by atoms with Gasteiger partial charge >= 0.3 is 0 Å². The lowest BCUT2D eigenvalue weighted by molar-refractivity contribution is -0.324. The molecule has 0 N–H and O–H groups in total. The van der Waals surface area contributed by atoms with Crippen molar-refractivity contribution in [2.45, 2.75) is 91.5 Å². The molecule has 0 saturated carbocycles. The monoisotopic (exact) mass is 344 g/mol. The molecule has 0 aliphatic rings. The number of nitrogens with zero attached hydrogens (tertiary/aromatic N) is 2. The van der Waals surface area contributed by atoms with Gasteiger partial charge in [0, 0.05) is 27.3 Å². The Balaban J connectivity index is 5.11. The van der Waals surface area contributed by atoms with Crippen LogP contribution in [0.5, 0.6) is 0 Å². The minimum atomic E-state index is -0.654. The molecule has 146 valence electrons. The molecule has 0 heterocycles. The van der Waals surface area contributed by atoms with Gasteiger partial charge in [0.25, 0.3) is 0 Å². The van der Waals surface area contributed by atoms with Crippen LogP contribution in [0.3, 0.4) is 0 Å². The van der Waals surface area contributed by atoms with Crippen LogP contribution in [-0.2, 0) is 9.47 Å². The molecular formula is C20H44N2O2. The highest BCUT2D eigenvalue weighted by Crippen LogP contribution is 2.30. The Bertz CT molecular complexity index is 275. The Kier molecular flexibility index (Phi) is 14.0. The average molecular weight is 345 g/mol. The zero-order chi connectivity index (χ0) is 18.4. The Hall–Kier alpha value is -0.160. The molecule has 1 unspecified atom stereocenters. The Morgan fingerprint density at radius 3 is 1.62 bits per heavy atom. The highest BCUT2D eigenvalue weighted by atomic mass is 16.7. The lowest BCUT2D eigenvalue weighted by Gasteiger charge is -2.49. The minimum Gasteiger partial charge on any atom is -0.339 e. The molecule has 0 aliphatic heterocycles. The van der Waals surface area contributed by atoms with E-state index in [-0.39, 0.29) is 6.04 Å². The zero-order valence-corrected chi connectivity index (χ0v) is 17.6. The maximum Gasteiger partial charge on any atom is 0.245 e. The van der Waals surface area contributed by atoms with E-state index >= 15 is 0 Å². The van der Waals surface area contributed by atoms with E-state index in [1.54, 1.807) is 14.2 Å². The second kappa shape index (κ2) is 14.1. The van der Waals surface area contributed by atoms with E-state index < -0.39 is 5.91 Å². The summed E-state index contributed by atoms with van der Waals surface area (Å²) in [6.07, 6.45) is 9.03. The third-order valence-corrected chi connectivity index (χ3v) is 5.29. The molecule has 4 nitrogen and oxygen atoms in total. The van der Waals surface area contributed by atoms with Crippen LogP contribution in [0.25, 0.3) is 0 Å². The van der Waals surface area contributed by atoms with Crippen molar-refractivity contribution >= 4 is 0 Å². The molecule has 24 heavy (non-hydrogen) atoms. The minimum absolute atomic E-state index is 0.258. The van der Waals surface area contributed by atoms with Crippen LogP contribution in [-0.4, -0.2) is 62.2 Å². The molecule has 1 atom stereocenters. The molecule has 4 heteroatoms. The van der Waals surface area contributed by atoms with Gasteiger partial charge in [0.05, 0.1) is 6.04 Å². The van der Waals surface area contributed by atoms with Crippen molar-refractivity contribution in [3.63, 3.8) is 0 Å². The number of rotatable bonds is 16. The van der Waals surface area contributed by atoms with Gasteiger partial charge in [-0.15, -0.1) is 0 Å². The van der Waals surface area contributed by atoms with Crippen molar-refractivity contribution in [2.24, 2.45) is 0 Å². The predicted octanol–water partition coefficient (Wildman–Crippen LogP) is 4.74. The third kappa shape index (κ3) is 6.62. The van der Waals surface area contributed by atoms with Gasteiger partial charge < -0.3 is 9.47 Å². The van der Waals surface area contributed by atoms with Crippen molar-refractivity contribution in [2.75, 3.05) is 40.4 Å². The van der Waals surface area contributed by atoms with Gasteiger partial charge in [-0.05, 0) is 19.5 Å². The van der Waals surface area contributed by atoms with Crippen molar-refractivity contribution in [3.8, 4) is 0 Å². The largest absolute Gasteiger partial charge is 0.339 e. The summed E-state index contributed by atoms with van der Waals surface area (Å²) in [6, 6.07) is 0.258. The van der Waals surface area contributed by atoms with Gasteiger partial charge in [0.2, 0.25) is 5.91 Å². The molecule has 0 amide bonds. The van der Waals surface area contributed by atoms with Gasteiger partial charge in [-0.2, -0.15) is 0 Å². The molecule has 0 fully saturated rings. The molecule has 0 rings (SSSR count). The van der Waals surface area contributed by atoms with Gasteiger partial charge in [-0.25, -0.2) is 0 Å². The van der Waals surface area contributed by atoms with Gasteiger partial charge in [-0.3, -0.25) is 9.80 Å². The van der Waals surface area contributed by atoms with Crippen molar-refractivity contribution in [1.29, 1.82) is 0 Å². The summed E-state index contributed by atoms with van der Waals surface area (Å²) >= 11 is 0. The summed E-state index contributed by atoms with van der Waals surface area (Å²) in [7, 11) is 3.58. The lowest BCUT2D eigenvalue weighted by atomic mass is 10.00. The molecule has 0 bridgehead atoms. The molecule has 0 radical (unpaired) electrons. The number of hydrogen-bond donors (Lipinski definition) is 0. The SMILES string of the molecule is CCCCCCCCC(N(CC)CC)C(OC)(OC)N(CC)CC. The van der Waals surface area contributed by atoms with Gasteiger partial charge in [-0.1, -0.05) is 73.1 Å². The van der Waals surface area contributed by atoms with Crippen molar-refractivity contribution in [3.05, 3.63) is 0 Å². The number of unbranched alkanes of at least 4 members (excludes halogenated alkanes) is 5. The maximum atomic E-state index is 6.04. The summed E-state index contributed by atoms with van der Waals surface area (Å²) in [5.74, 6) is -0.654. The Morgan fingerprint density at radius 2 is 1.21 bits per heavy atom. The van der Waals surface area contributed by atoms with Gasteiger partial charge in [0.1, 0.15) is 0 Å². The quantitative estimate of drug-likeness (QED) is 0.298. The first-order valence-corrected chi connectivity index (χ1v) is 10.2. The molecule has 0 aromatic heterocycles. The maximum absolute atomic E-state index is 6.04. The third-order valence-electron chi connectivity index (χ3n) is 5.29.